The van der Waals surface area contributed by atoms with Gasteiger partial charge >= 0.3 is 0 Å². The molecule has 0 spiro atoms. The van der Waals surface area contributed by atoms with Crippen LogP contribution in [0.25, 0.3) is 0 Å². The average molecular weight is 352 g/mol. The molecule has 1 aliphatic heterocycles. The van der Waals surface area contributed by atoms with Crippen LogP contribution in [-0.2, 0) is 14.8 Å². The Hall–Kier alpha value is -2.06. The molecular formula is C15H16N2O4S2. The first-order chi connectivity index (χ1) is 11.0. The van der Waals surface area contributed by atoms with Gasteiger partial charge in [-0.25, -0.2) is 8.42 Å². The summed E-state index contributed by atoms with van der Waals surface area (Å²) in [5.74, 6) is 0.516. The zero-order valence-electron chi connectivity index (χ0n) is 12.5. The van der Waals surface area contributed by atoms with Gasteiger partial charge < -0.3 is 9.64 Å². The lowest BCUT2D eigenvalue weighted by Gasteiger charge is -2.19. The third kappa shape index (κ3) is 3.18. The highest BCUT2D eigenvalue weighted by atomic mass is 32.2. The van der Waals surface area contributed by atoms with Crippen molar-refractivity contribution in [3.8, 4) is 5.75 Å². The maximum atomic E-state index is 12.2. The Labute approximate surface area is 138 Å². The topological polar surface area (TPSA) is 75.7 Å². The van der Waals surface area contributed by atoms with Gasteiger partial charge in [0.05, 0.1) is 18.5 Å². The number of benzene rings is 1. The van der Waals surface area contributed by atoms with Crippen LogP contribution in [0.4, 0.5) is 11.4 Å². The zero-order chi connectivity index (χ0) is 16.4. The van der Waals surface area contributed by atoms with Crippen LogP contribution in [0.1, 0.15) is 12.8 Å². The van der Waals surface area contributed by atoms with Crippen LogP contribution in [0.3, 0.4) is 0 Å². The van der Waals surface area contributed by atoms with Crippen molar-refractivity contribution in [3.63, 3.8) is 0 Å². The van der Waals surface area contributed by atoms with E-state index in [-0.39, 0.29) is 10.1 Å². The molecule has 8 heteroatoms. The first kappa shape index (κ1) is 15.8. The number of amides is 1. The molecule has 6 nitrogen and oxygen atoms in total. The van der Waals surface area contributed by atoms with Crippen molar-refractivity contribution in [2.45, 2.75) is 17.1 Å². The monoisotopic (exact) mass is 352 g/mol. The molecule has 0 atom stereocenters. The van der Waals surface area contributed by atoms with Gasteiger partial charge in [0.25, 0.3) is 10.0 Å². The fourth-order valence-electron chi connectivity index (χ4n) is 2.49. The van der Waals surface area contributed by atoms with E-state index in [0.29, 0.717) is 30.1 Å². The molecule has 1 amide bonds. The molecule has 0 unspecified atom stereocenters. The minimum Gasteiger partial charge on any atom is -0.494 e. The van der Waals surface area contributed by atoms with Crippen molar-refractivity contribution in [3.05, 3.63) is 35.7 Å². The van der Waals surface area contributed by atoms with Crippen molar-refractivity contribution >= 4 is 38.6 Å². The highest BCUT2D eigenvalue weighted by Crippen LogP contribution is 2.34. The van der Waals surface area contributed by atoms with Gasteiger partial charge in [-0.1, -0.05) is 6.07 Å². The molecule has 2 aromatic rings. The molecule has 3 rings (SSSR count). The minimum atomic E-state index is -3.61. The van der Waals surface area contributed by atoms with Crippen molar-refractivity contribution in [2.24, 2.45) is 0 Å². The number of nitrogens with one attached hydrogen (secondary N) is 1. The fourth-order valence-corrected chi connectivity index (χ4v) is 4.53. The summed E-state index contributed by atoms with van der Waals surface area (Å²) in [6.07, 6.45) is 1.34. The molecule has 1 aromatic carbocycles. The highest BCUT2D eigenvalue weighted by molar-refractivity contribution is 7.94. The molecular weight excluding hydrogens is 336 g/mol. The van der Waals surface area contributed by atoms with Gasteiger partial charge in [0.1, 0.15) is 9.96 Å². The van der Waals surface area contributed by atoms with E-state index in [0.717, 1.165) is 17.8 Å². The predicted molar refractivity (Wildman–Crippen MR) is 89.7 cm³/mol. The number of thiophene rings is 1. The normalized spacial score (nSPS) is 15.0. The van der Waals surface area contributed by atoms with E-state index in [9.17, 15) is 13.2 Å². The number of hydrogen-bond donors (Lipinski definition) is 1. The molecule has 122 valence electrons. The summed E-state index contributed by atoms with van der Waals surface area (Å²) in [5.41, 5.74) is 1.06. The highest BCUT2D eigenvalue weighted by Gasteiger charge is 2.25. The van der Waals surface area contributed by atoms with E-state index in [1.54, 1.807) is 40.6 Å². The molecule has 1 N–H and O–H groups in total. The van der Waals surface area contributed by atoms with E-state index in [2.05, 4.69) is 4.72 Å². The maximum Gasteiger partial charge on any atom is 0.271 e. The SMILES string of the molecule is COc1cc(NS(=O)(=O)c2cccs2)ccc1N1CCCC1=O. The molecule has 1 saturated heterocycles. The van der Waals surface area contributed by atoms with Crippen molar-refractivity contribution in [2.75, 3.05) is 23.3 Å². The third-order valence-electron chi connectivity index (χ3n) is 3.56. The summed E-state index contributed by atoms with van der Waals surface area (Å²) in [6.45, 7) is 0.648. The number of hydrogen-bond acceptors (Lipinski definition) is 5. The van der Waals surface area contributed by atoms with E-state index in [1.807, 2.05) is 0 Å². The van der Waals surface area contributed by atoms with Crippen molar-refractivity contribution in [1.82, 2.24) is 0 Å². The number of rotatable bonds is 5. The van der Waals surface area contributed by atoms with E-state index in [4.69, 9.17) is 4.74 Å². The number of anilines is 2. The average Bonchev–Trinajstić information content (AvgIpc) is 3.18. The molecule has 1 aromatic heterocycles. The quantitative estimate of drug-likeness (QED) is 0.898. The summed E-state index contributed by atoms with van der Waals surface area (Å²) in [5, 5.41) is 1.71. The number of ether oxygens (including phenoxy) is 1. The summed E-state index contributed by atoms with van der Waals surface area (Å²) in [4.78, 5) is 13.5. The maximum absolute atomic E-state index is 12.2. The first-order valence-corrected chi connectivity index (χ1v) is 9.42. The van der Waals surface area contributed by atoms with Crippen LogP contribution >= 0.6 is 11.3 Å². The van der Waals surface area contributed by atoms with Gasteiger partial charge in [-0.15, -0.1) is 11.3 Å². The summed E-state index contributed by atoms with van der Waals surface area (Å²) >= 11 is 1.15. The van der Waals surface area contributed by atoms with Crippen LogP contribution in [0.5, 0.6) is 5.75 Å². The smallest absolute Gasteiger partial charge is 0.271 e. The number of nitrogens with zero attached hydrogens (tertiary/aromatic N) is 1. The van der Waals surface area contributed by atoms with Crippen molar-refractivity contribution in [1.29, 1.82) is 0 Å². The molecule has 0 radical (unpaired) electrons. The lowest BCUT2D eigenvalue weighted by atomic mass is 10.2. The molecule has 0 bridgehead atoms. The Bertz CT molecular complexity index is 816. The second-order valence-corrected chi connectivity index (χ2v) is 7.93. The van der Waals surface area contributed by atoms with E-state index >= 15 is 0 Å². The Morgan fingerprint density at radius 3 is 2.74 bits per heavy atom. The summed E-state index contributed by atoms with van der Waals surface area (Å²) in [6, 6.07) is 8.15. The van der Waals surface area contributed by atoms with Gasteiger partial charge in [-0.3, -0.25) is 9.52 Å². The van der Waals surface area contributed by atoms with E-state index in [1.165, 1.54) is 7.11 Å². The lowest BCUT2D eigenvalue weighted by Crippen LogP contribution is -2.24. The van der Waals surface area contributed by atoms with Crippen LogP contribution < -0.4 is 14.4 Å². The van der Waals surface area contributed by atoms with Gasteiger partial charge in [0.15, 0.2) is 0 Å². The van der Waals surface area contributed by atoms with Crippen LogP contribution in [0.2, 0.25) is 0 Å². The van der Waals surface area contributed by atoms with Gasteiger partial charge in [-0.05, 0) is 30.0 Å². The molecule has 0 saturated carbocycles. The second-order valence-electron chi connectivity index (χ2n) is 5.07. The Balaban J connectivity index is 1.89. The molecule has 23 heavy (non-hydrogen) atoms. The molecule has 1 aliphatic rings. The van der Waals surface area contributed by atoms with E-state index < -0.39 is 10.0 Å². The molecule has 2 heterocycles. The second kappa shape index (κ2) is 6.21. The Morgan fingerprint density at radius 2 is 2.13 bits per heavy atom. The number of carbonyl (C=O) groups is 1. The van der Waals surface area contributed by atoms with Crippen molar-refractivity contribution < 1.29 is 17.9 Å². The number of methoxy groups -OCH3 is 1. The zero-order valence-corrected chi connectivity index (χ0v) is 14.1. The number of sulfonamides is 1. The number of carbonyl (C=O) groups excluding carboxylic acids is 1. The fraction of sp³-hybridized carbons (Fsp3) is 0.267. The lowest BCUT2D eigenvalue weighted by molar-refractivity contribution is -0.117. The Kier molecular flexibility index (Phi) is 4.27. The van der Waals surface area contributed by atoms with Crippen LogP contribution in [0, 0.1) is 0 Å². The molecule has 0 aliphatic carbocycles. The largest absolute Gasteiger partial charge is 0.494 e. The predicted octanol–water partition coefficient (Wildman–Crippen LogP) is 2.68. The van der Waals surface area contributed by atoms with Gasteiger partial charge in [0, 0.05) is 19.0 Å². The standard InChI is InChI=1S/C15H16N2O4S2/c1-21-13-10-11(16-23(19,20)15-5-3-9-22-15)6-7-12(13)17-8-2-4-14(17)18/h3,5-7,9-10,16H,2,4,8H2,1H3. The first-order valence-electron chi connectivity index (χ1n) is 7.06. The van der Waals surface area contributed by atoms with Crippen LogP contribution in [0.15, 0.2) is 39.9 Å². The minimum absolute atomic E-state index is 0.0511. The summed E-state index contributed by atoms with van der Waals surface area (Å²) in [7, 11) is -2.11. The molecule has 1 fully saturated rings. The van der Waals surface area contributed by atoms with Gasteiger partial charge in [-0.2, -0.15) is 0 Å². The van der Waals surface area contributed by atoms with Gasteiger partial charge in [0.2, 0.25) is 5.91 Å². The third-order valence-corrected chi connectivity index (χ3v) is 6.33. The van der Waals surface area contributed by atoms with Crippen LogP contribution in [-0.4, -0.2) is 28.0 Å². The Morgan fingerprint density at radius 1 is 1.30 bits per heavy atom. The summed E-state index contributed by atoms with van der Waals surface area (Å²) < 4.78 is 32.6.